The number of benzene rings is 1. The lowest BCUT2D eigenvalue weighted by molar-refractivity contribution is -0.120. The van der Waals surface area contributed by atoms with E-state index in [9.17, 15) is 9.59 Å². The van der Waals surface area contributed by atoms with Gasteiger partial charge in [-0.1, -0.05) is 0 Å². The number of carbonyl (C=O) groups excluding carboxylic acids is 1. The molecule has 0 bridgehead atoms. The summed E-state index contributed by atoms with van der Waals surface area (Å²) in [6, 6.07) is 4.99. The Morgan fingerprint density at radius 1 is 1.29 bits per heavy atom. The Bertz CT molecular complexity index is 593. The van der Waals surface area contributed by atoms with Crippen molar-refractivity contribution in [2.45, 2.75) is 44.1 Å². The smallest absolute Gasteiger partial charge is 0.335 e. The lowest BCUT2D eigenvalue weighted by Crippen LogP contribution is -2.51. The Labute approximate surface area is 123 Å². The highest BCUT2D eigenvalue weighted by Crippen LogP contribution is 2.35. The molecular weight excluding hydrogens is 268 g/mol. The van der Waals surface area contributed by atoms with E-state index < -0.39 is 5.97 Å². The molecule has 0 saturated heterocycles. The van der Waals surface area contributed by atoms with Crippen molar-refractivity contribution in [2.75, 3.05) is 11.4 Å². The first-order chi connectivity index (χ1) is 9.98. The van der Waals surface area contributed by atoms with Gasteiger partial charge in [-0.25, -0.2) is 4.79 Å². The lowest BCUT2D eigenvalue weighted by Gasteiger charge is -2.40. The number of rotatable bonds is 3. The van der Waals surface area contributed by atoms with Crippen molar-refractivity contribution in [2.24, 2.45) is 5.73 Å². The molecule has 5 heteroatoms. The van der Waals surface area contributed by atoms with Gasteiger partial charge in [0.25, 0.3) is 0 Å². The van der Waals surface area contributed by atoms with Gasteiger partial charge in [-0.05, 0) is 55.9 Å². The van der Waals surface area contributed by atoms with E-state index in [1.165, 1.54) is 0 Å². The van der Waals surface area contributed by atoms with Crippen LogP contribution >= 0.6 is 0 Å². The summed E-state index contributed by atoms with van der Waals surface area (Å²) in [4.78, 5) is 25.3. The number of hydrogen-bond donors (Lipinski definition) is 2. The average Bonchev–Trinajstić information content (AvgIpc) is 2.44. The number of nitrogens with zero attached hydrogens (tertiary/aromatic N) is 1. The number of nitrogens with two attached hydrogens (primary N) is 1. The molecule has 5 nitrogen and oxygen atoms in total. The van der Waals surface area contributed by atoms with Crippen molar-refractivity contribution < 1.29 is 14.7 Å². The van der Waals surface area contributed by atoms with Crippen molar-refractivity contribution in [1.82, 2.24) is 0 Å². The van der Waals surface area contributed by atoms with E-state index in [1.54, 1.807) is 23.1 Å². The standard InChI is InChI=1S/C16H20N2O3/c17-16(6-2-7-16)10-14(19)18-8-1-3-11-9-12(15(20)21)4-5-13(11)18/h4-5,9H,1-3,6-8,10,17H2,(H,20,21). The van der Waals surface area contributed by atoms with Gasteiger partial charge in [-0.3, -0.25) is 4.79 Å². The largest absolute Gasteiger partial charge is 0.478 e. The van der Waals surface area contributed by atoms with Gasteiger partial charge in [0.05, 0.1) is 5.56 Å². The van der Waals surface area contributed by atoms with E-state index in [1.807, 2.05) is 0 Å². The number of carboxylic acids is 1. The summed E-state index contributed by atoms with van der Waals surface area (Å²) in [5.74, 6) is -0.877. The Morgan fingerprint density at radius 3 is 2.67 bits per heavy atom. The molecule has 1 amide bonds. The fourth-order valence-corrected chi connectivity index (χ4v) is 3.19. The Kier molecular flexibility index (Phi) is 3.45. The number of amides is 1. The lowest BCUT2D eigenvalue weighted by atomic mass is 9.75. The molecule has 1 heterocycles. The third kappa shape index (κ3) is 2.65. The highest BCUT2D eigenvalue weighted by atomic mass is 16.4. The molecule has 1 aromatic carbocycles. The van der Waals surface area contributed by atoms with Crippen LogP contribution in [0.4, 0.5) is 5.69 Å². The van der Waals surface area contributed by atoms with E-state index in [-0.39, 0.29) is 17.0 Å². The van der Waals surface area contributed by atoms with Crippen molar-refractivity contribution in [1.29, 1.82) is 0 Å². The van der Waals surface area contributed by atoms with Crippen molar-refractivity contribution in [3.63, 3.8) is 0 Å². The quantitative estimate of drug-likeness (QED) is 0.890. The highest BCUT2D eigenvalue weighted by molar-refractivity contribution is 5.96. The highest BCUT2D eigenvalue weighted by Gasteiger charge is 2.37. The number of aromatic carboxylic acids is 1. The maximum Gasteiger partial charge on any atom is 0.335 e. The van der Waals surface area contributed by atoms with Crippen LogP contribution in [-0.2, 0) is 11.2 Å². The van der Waals surface area contributed by atoms with Gasteiger partial charge in [0.2, 0.25) is 5.91 Å². The topological polar surface area (TPSA) is 83.6 Å². The first-order valence-corrected chi connectivity index (χ1v) is 7.44. The van der Waals surface area contributed by atoms with E-state index in [0.717, 1.165) is 43.4 Å². The summed E-state index contributed by atoms with van der Waals surface area (Å²) in [5, 5.41) is 9.06. The molecule has 0 spiro atoms. The molecule has 0 aromatic heterocycles. The monoisotopic (exact) mass is 288 g/mol. The van der Waals surface area contributed by atoms with Crippen LogP contribution in [0.2, 0.25) is 0 Å². The maximum absolute atomic E-state index is 12.5. The molecule has 3 N–H and O–H groups in total. The molecule has 1 aromatic rings. The van der Waals surface area contributed by atoms with Crippen LogP contribution in [0.15, 0.2) is 18.2 Å². The molecule has 1 aliphatic carbocycles. The Hall–Kier alpha value is -1.88. The zero-order valence-corrected chi connectivity index (χ0v) is 12.0. The van der Waals surface area contributed by atoms with Gasteiger partial charge < -0.3 is 15.7 Å². The van der Waals surface area contributed by atoms with Crippen LogP contribution in [-0.4, -0.2) is 29.1 Å². The fourth-order valence-electron chi connectivity index (χ4n) is 3.19. The molecule has 21 heavy (non-hydrogen) atoms. The molecule has 2 aliphatic rings. The van der Waals surface area contributed by atoms with Gasteiger partial charge >= 0.3 is 5.97 Å². The first-order valence-electron chi connectivity index (χ1n) is 7.44. The van der Waals surface area contributed by atoms with Crippen LogP contribution < -0.4 is 10.6 Å². The van der Waals surface area contributed by atoms with Crippen LogP contribution in [0.5, 0.6) is 0 Å². The molecule has 1 fully saturated rings. The van der Waals surface area contributed by atoms with Crippen LogP contribution in [0, 0.1) is 0 Å². The predicted octanol–water partition coefficient (Wildman–Crippen LogP) is 1.94. The Balaban J connectivity index is 1.83. The number of anilines is 1. The molecule has 1 aliphatic heterocycles. The number of carboxylic acid groups (broad SMARTS) is 1. The normalized spacial score (nSPS) is 19.6. The van der Waals surface area contributed by atoms with E-state index >= 15 is 0 Å². The van der Waals surface area contributed by atoms with Crippen LogP contribution in [0.25, 0.3) is 0 Å². The van der Waals surface area contributed by atoms with Gasteiger partial charge in [0, 0.05) is 24.2 Å². The van der Waals surface area contributed by atoms with E-state index in [2.05, 4.69) is 0 Å². The molecule has 3 rings (SSSR count). The fraction of sp³-hybridized carbons (Fsp3) is 0.500. The minimum atomic E-state index is -0.934. The minimum Gasteiger partial charge on any atom is -0.478 e. The van der Waals surface area contributed by atoms with E-state index in [0.29, 0.717) is 13.0 Å². The van der Waals surface area contributed by atoms with Crippen molar-refractivity contribution in [3.05, 3.63) is 29.3 Å². The van der Waals surface area contributed by atoms with Gasteiger partial charge in [0.15, 0.2) is 0 Å². The van der Waals surface area contributed by atoms with Gasteiger partial charge in [-0.15, -0.1) is 0 Å². The zero-order chi connectivity index (χ0) is 15.0. The second-order valence-electron chi connectivity index (χ2n) is 6.19. The van der Waals surface area contributed by atoms with Gasteiger partial charge in [0.1, 0.15) is 0 Å². The van der Waals surface area contributed by atoms with E-state index in [4.69, 9.17) is 10.8 Å². The third-order valence-corrected chi connectivity index (χ3v) is 4.60. The van der Waals surface area contributed by atoms with Gasteiger partial charge in [-0.2, -0.15) is 0 Å². The maximum atomic E-state index is 12.5. The summed E-state index contributed by atoms with van der Waals surface area (Å²) in [5.41, 5.74) is 7.91. The average molecular weight is 288 g/mol. The number of aryl methyl sites for hydroxylation is 1. The molecule has 0 radical (unpaired) electrons. The summed E-state index contributed by atoms with van der Waals surface area (Å²) in [6.45, 7) is 0.689. The van der Waals surface area contributed by atoms with Crippen LogP contribution in [0.3, 0.4) is 0 Å². The summed E-state index contributed by atoms with van der Waals surface area (Å²) in [7, 11) is 0. The number of hydrogen-bond acceptors (Lipinski definition) is 3. The summed E-state index contributed by atoms with van der Waals surface area (Å²) < 4.78 is 0. The molecular formula is C16H20N2O3. The first kappa shape index (κ1) is 14.1. The SMILES string of the molecule is NC1(CC(=O)N2CCCc3cc(C(=O)O)ccc32)CCC1. The minimum absolute atomic E-state index is 0.0567. The predicted molar refractivity (Wildman–Crippen MR) is 79.5 cm³/mol. The third-order valence-electron chi connectivity index (χ3n) is 4.60. The molecule has 0 atom stereocenters. The number of carbonyl (C=O) groups is 2. The summed E-state index contributed by atoms with van der Waals surface area (Å²) >= 11 is 0. The molecule has 1 saturated carbocycles. The molecule has 112 valence electrons. The second-order valence-corrected chi connectivity index (χ2v) is 6.19. The van der Waals surface area contributed by atoms with Crippen LogP contribution in [0.1, 0.15) is 48.0 Å². The molecule has 0 unspecified atom stereocenters. The summed E-state index contributed by atoms with van der Waals surface area (Å²) in [6.07, 6.45) is 4.98. The Morgan fingerprint density at radius 2 is 2.05 bits per heavy atom. The second kappa shape index (κ2) is 5.15. The number of fused-ring (bicyclic) bond motifs is 1. The van der Waals surface area contributed by atoms with Crippen molar-refractivity contribution >= 4 is 17.6 Å². The van der Waals surface area contributed by atoms with Crippen molar-refractivity contribution in [3.8, 4) is 0 Å². The zero-order valence-electron chi connectivity index (χ0n) is 12.0.